The minimum atomic E-state index is 0.154. The van der Waals surface area contributed by atoms with E-state index >= 15 is 0 Å². The highest BCUT2D eigenvalue weighted by Gasteiger charge is 2.16. The number of aromatic nitrogens is 3. The van der Waals surface area contributed by atoms with Crippen LogP contribution < -0.4 is 4.74 Å². The lowest BCUT2D eigenvalue weighted by Crippen LogP contribution is -2.08. The molecule has 1 aromatic heterocycles. The highest BCUT2D eigenvalue weighted by molar-refractivity contribution is 7.99. The molecule has 88 valence electrons. The van der Waals surface area contributed by atoms with Crippen LogP contribution in [0.1, 0.15) is 12.8 Å². The summed E-state index contributed by atoms with van der Waals surface area (Å²) in [7, 11) is 1.50. The van der Waals surface area contributed by atoms with Crippen LogP contribution in [0.2, 0.25) is 5.28 Å². The summed E-state index contributed by atoms with van der Waals surface area (Å²) in [6.07, 6.45) is 2.53. The van der Waals surface area contributed by atoms with Gasteiger partial charge in [0.1, 0.15) is 0 Å². The van der Waals surface area contributed by atoms with Gasteiger partial charge in [0.25, 0.3) is 0 Å². The SMILES string of the molecule is COc1nc(Cl)nc(SCC2CCCO2)n1. The number of halogens is 1. The molecule has 0 N–H and O–H groups in total. The van der Waals surface area contributed by atoms with Crippen molar-refractivity contribution < 1.29 is 9.47 Å². The molecule has 0 radical (unpaired) electrons. The third kappa shape index (κ3) is 3.20. The maximum Gasteiger partial charge on any atom is 0.321 e. The molecule has 7 heteroatoms. The molecule has 16 heavy (non-hydrogen) atoms. The van der Waals surface area contributed by atoms with Crippen molar-refractivity contribution in [3.8, 4) is 6.01 Å². The standard InChI is InChI=1S/C9H12ClN3O2S/c1-14-8-11-7(10)12-9(13-8)16-5-6-3-2-4-15-6/h6H,2-5H2,1H3. The number of thioether (sulfide) groups is 1. The fraction of sp³-hybridized carbons (Fsp3) is 0.667. The normalized spacial score (nSPS) is 20.0. The first-order chi connectivity index (χ1) is 7.78. The van der Waals surface area contributed by atoms with E-state index in [1.807, 2.05) is 0 Å². The van der Waals surface area contributed by atoms with Crippen molar-refractivity contribution in [2.45, 2.75) is 24.1 Å². The Kier molecular flexibility index (Phi) is 4.20. The molecule has 2 rings (SSSR count). The average molecular weight is 262 g/mol. The molecule has 0 aliphatic carbocycles. The highest BCUT2D eigenvalue weighted by Crippen LogP contribution is 2.22. The lowest BCUT2D eigenvalue weighted by atomic mass is 10.3. The van der Waals surface area contributed by atoms with E-state index in [4.69, 9.17) is 21.1 Å². The van der Waals surface area contributed by atoms with Crippen LogP contribution in [0.5, 0.6) is 6.01 Å². The fourth-order valence-electron chi connectivity index (χ4n) is 1.41. The van der Waals surface area contributed by atoms with Crippen molar-refractivity contribution in [2.75, 3.05) is 19.5 Å². The van der Waals surface area contributed by atoms with Gasteiger partial charge in [-0.25, -0.2) is 0 Å². The van der Waals surface area contributed by atoms with Crippen molar-refractivity contribution in [3.63, 3.8) is 0 Å². The van der Waals surface area contributed by atoms with Gasteiger partial charge in [0.2, 0.25) is 5.28 Å². The van der Waals surface area contributed by atoms with E-state index < -0.39 is 0 Å². The smallest absolute Gasteiger partial charge is 0.321 e. The first-order valence-electron chi connectivity index (χ1n) is 4.98. The zero-order valence-electron chi connectivity index (χ0n) is 8.85. The summed E-state index contributed by atoms with van der Waals surface area (Å²) in [4.78, 5) is 11.9. The summed E-state index contributed by atoms with van der Waals surface area (Å²) in [5, 5.41) is 0.731. The van der Waals surface area contributed by atoms with Crippen molar-refractivity contribution in [1.29, 1.82) is 0 Å². The van der Waals surface area contributed by atoms with Gasteiger partial charge < -0.3 is 9.47 Å². The van der Waals surface area contributed by atoms with Crippen molar-refractivity contribution in [1.82, 2.24) is 15.0 Å². The molecule has 0 aromatic carbocycles. The highest BCUT2D eigenvalue weighted by atomic mass is 35.5. The van der Waals surface area contributed by atoms with Gasteiger partial charge in [-0.05, 0) is 24.4 Å². The third-order valence-electron chi connectivity index (χ3n) is 2.17. The molecule has 1 aliphatic heterocycles. The van der Waals surface area contributed by atoms with Crippen LogP contribution in [0.25, 0.3) is 0 Å². The predicted octanol–water partition coefficient (Wildman–Crippen LogP) is 1.80. The van der Waals surface area contributed by atoms with Gasteiger partial charge in [0.05, 0.1) is 13.2 Å². The Morgan fingerprint density at radius 2 is 2.38 bits per heavy atom. The molecule has 5 nitrogen and oxygen atoms in total. The monoisotopic (exact) mass is 261 g/mol. The molecule has 1 fully saturated rings. The van der Waals surface area contributed by atoms with Gasteiger partial charge in [-0.3, -0.25) is 0 Å². The first kappa shape index (κ1) is 11.9. The van der Waals surface area contributed by atoms with E-state index in [1.165, 1.54) is 18.9 Å². The lowest BCUT2D eigenvalue weighted by Gasteiger charge is -2.07. The zero-order valence-corrected chi connectivity index (χ0v) is 10.4. The molecular formula is C9H12ClN3O2S. The zero-order chi connectivity index (χ0) is 11.4. The summed E-state index contributed by atoms with van der Waals surface area (Å²) in [6.45, 7) is 0.854. The van der Waals surface area contributed by atoms with Crippen molar-refractivity contribution in [3.05, 3.63) is 5.28 Å². The molecule has 1 saturated heterocycles. The molecule has 0 bridgehead atoms. The average Bonchev–Trinajstić information content (AvgIpc) is 2.78. The predicted molar refractivity (Wildman–Crippen MR) is 61.1 cm³/mol. The number of rotatable bonds is 4. The molecule has 1 unspecified atom stereocenters. The second kappa shape index (κ2) is 5.65. The van der Waals surface area contributed by atoms with E-state index in [9.17, 15) is 0 Å². The number of hydrogen-bond donors (Lipinski definition) is 0. The van der Waals surface area contributed by atoms with Gasteiger partial charge >= 0.3 is 6.01 Å². The van der Waals surface area contributed by atoms with Gasteiger partial charge in [-0.15, -0.1) is 0 Å². The molecule has 0 saturated carbocycles. The molecular weight excluding hydrogens is 250 g/mol. The van der Waals surface area contributed by atoms with E-state index in [0.717, 1.165) is 25.2 Å². The lowest BCUT2D eigenvalue weighted by molar-refractivity contribution is 0.129. The second-order valence-electron chi connectivity index (χ2n) is 3.32. The Labute approximate surface area is 103 Å². The van der Waals surface area contributed by atoms with E-state index in [0.29, 0.717) is 11.3 Å². The maximum absolute atomic E-state index is 5.74. The van der Waals surface area contributed by atoms with Crippen LogP contribution in [-0.4, -0.2) is 40.5 Å². The van der Waals surface area contributed by atoms with Crippen molar-refractivity contribution in [2.24, 2.45) is 0 Å². The van der Waals surface area contributed by atoms with Crippen LogP contribution >= 0.6 is 23.4 Å². The summed E-state index contributed by atoms with van der Waals surface area (Å²) >= 11 is 7.25. The first-order valence-corrected chi connectivity index (χ1v) is 6.34. The van der Waals surface area contributed by atoms with Crippen LogP contribution in [-0.2, 0) is 4.74 Å². The quantitative estimate of drug-likeness (QED) is 0.771. The second-order valence-corrected chi connectivity index (χ2v) is 4.64. The Balaban J connectivity index is 1.94. The number of nitrogens with zero attached hydrogens (tertiary/aromatic N) is 3. The van der Waals surface area contributed by atoms with Gasteiger partial charge in [-0.2, -0.15) is 15.0 Å². The number of ether oxygens (including phenoxy) is 2. The van der Waals surface area contributed by atoms with Gasteiger partial charge in [0, 0.05) is 12.4 Å². The molecule has 1 aliphatic rings. The van der Waals surface area contributed by atoms with E-state index in [-0.39, 0.29) is 11.3 Å². The van der Waals surface area contributed by atoms with Crippen LogP contribution in [0.15, 0.2) is 5.16 Å². The topological polar surface area (TPSA) is 57.1 Å². The summed E-state index contributed by atoms with van der Waals surface area (Å²) in [6, 6.07) is 0.245. The van der Waals surface area contributed by atoms with Crippen molar-refractivity contribution >= 4 is 23.4 Å². The Morgan fingerprint density at radius 1 is 1.50 bits per heavy atom. The maximum atomic E-state index is 5.74. The summed E-state index contributed by atoms with van der Waals surface area (Å²) in [5.74, 6) is 0.837. The Hall–Kier alpha value is -0.590. The third-order valence-corrected chi connectivity index (χ3v) is 3.32. The van der Waals surface area contributed by atoms with E-state index in [1.54, 1.807) is 0 Å². The van der Waals surface area contributed by atoms with Crippen LogP contribution in [0.4, 0.5) is 0 Å². The largest absolute Gasteiger partial charge is 0.467 e. The summed E-state index contributed by atoms with van der Waals surface area (Å²) < 4.78 is 10.4. The Bertz CT molecular complexity index is 361. The van der Waals surface area contributed by atoms with Crippen LogP contribution in [0, 0.1) is 0 Å². The molecule has 0 amide bonds. The molecule has 2 heterocycles. The Morgan fingerprint density at radius 3 is 3.06 bits per heavy atom. The summed E-state index contributed by atoms with van der Waals surface area (Å²) in [5.41, 5.74) is 0. The number of methoxy groups -OCH3 is 1. The van der Waals surface area contributed by atoms with E-state index in [2.05, 4.69) is 15.0 Å². The molecule has 1 atom stereocenters. The minimum Gasteiger partial charge on any atom is -0.467 e. The van der Waals surface area contributed by atoms with Gasteiger partial charge in [0.15, 0.2) is 5.16 Å². The van der Waals surface area contributed by atoms with Gasteiger partial charge in [-0.1, -0.05) is 11.8 Å². The van der Waals surface area contributed by atoms with Crippen LogP contribution in [0.3, 0.4) is 0 Å². The molecule has 1 aromatic rings. The minimum absolute atomic E-state index is 0.154. The fourth-order valence-corrected chi connectivity index (χ4v) is 2.51. The number of hydrogen-bond acceptors (Lipinski definition) is 6. The molecule has 0 spiro atoms.